The maximum atomic E-state index is 14.4. The van der Waals surface area contributed by atoms with Crippen LogP contribution in [0.15, 0.2) is 60.7 Å². The van der Waals surface area contributed by atoms with E-state index in [2.05, 4.69) is 5.32 Å². The number of carbonyl (C=O) groups is 1. The van der Waals surface area contributed by atoms with Gasteiger partial charge in [-0.3, -0.25) is 4.79 Å². The Morgan fingerprint density at radius 3 is 2.51 bits per heavy atom. The van der Waals surface area contributed by atoms with Gasteiger partial charge < -0.3 is 25.4 Å². The van der Waals surface area contributed by atoms with Gasteiger partial charge in [-0.05, 0) is 59.0 Å². The zero-order valence-corrected chi connectivity index (χ0v) is 19.7. The van der Waals surface area contributed by atoms with Crippen LogP contribution >= 0.6 is 11.6 Å². The monoisotopic (exact) mass is 497 g/mol. The second-order valence-electron chi connectivity index (χ2n) is 9.15. The summed E-state index contributed by atoms with van der Waals surface area (Å²) in [5, 5.41) is 36.1. The fourth-order valence-corrected chi connectivity index (χ4v) is 6.05. The Morgan fingerprint density at radius 1 is 1.14 bits per heavy atom. The fourth-order valence-electron chi connectivity index (χ4n) is 5.93. The molecular weight excluding hydrogens is 473 g/mol. The molecular formula is C27H25ClFNO5. The molecule has 0 saturated heterocycles. The summed E-state index contributed by atoms with van der Waals surface area (Å²) in [5.74, 6) is -1.08. The highest BCUT2D eigenvalue weighted by Crippen LogP contribution is 2.67. The molecule has 0 radical (unpaired) electrons. The molecule has 0 bridgehead atoms. The van der Waals surface area contributed by atoms with Gasteiger partial charge in [-0.15, -0.1) is 0 Å². The molecule has 1 fully saturated rings. The summed E-state index contributed by atoms with van der Waals surface area (Å²) in [7, 11) is 0. The number of fused-ring (bicyclic) bond motifs is 3. The Morgan fingerprint density at radius 2 is 1.89 bits per heavy atom. The fraction of sp³-hybridized carbons (Fsp3) is 0.296. The molecule has 5 rings (SSSR count). The molecule has 3 aromatic carbocycles. The van der Waals surface area contributed by atoms with E-state index in [1.807, 2.05) is 0 Å². The minimum absolute atomic E-state index is 0.244. The number of aliphatic hydroxyl groups is 3. The van der Waals surface area contributed by atoms with Gasteiger partial charge in [-0.25, -0.2) is 4.39 Å². The summed E-state index contributed by atoms with van der Waals surface area (Å²) >= 11 is 6.17. The summed E-state index contributed by atoms with van der Waals surface area (Å²) in [5.41, 5.74) is -0.931. The van der Waals surface area contributed by atoms with Crippen molar-refractivity contribution in [1.82, 2.24) is 5.32 Å². The second kappa shape index (κ2) is 8.60. The van der Waals surface area contributed by atoms with E-state index >= 15 is 0 Å². The molecule has 6 nitrogen and oxygen atoms in total. The first kappa shape index (κ1) is 23.8. The van der Waals surface area contributed by atoms with E-state index in [1.54, 1.807) is 48.5 Å². The number of amides is 1. The van der Waals surface area contributed by atoms with E-state index < -0.39 is 35.6 Å². The predicted molar refractivity (Wildman–Crippen MR) is 127 cm³/mol. The number of nitrogens with one attached hydrogen (secondary N) is 1. The third-order valence-electron chi connectivity index (χ3n) is 7.18. The lowest BCUT2D eigenvalue weighted by molar-refractivity contribution is -0.131. The Bertz CT molecular complexity index is 1300. The lowest BCUT2D eigenvalue weighted by Gasteiger charge is -2.42. The average molecular weight is 498 g/mol. The van der Waals surface area contributed by atoms with E-state index in [9.17, 15) is 24.5 Å². The summed E-state index contributed by atoms with van der Waals surface area (Å²) in [6.45, 7) is 0.649. The van der Waals surface area contributed by atoms with Crippen molar-refractivity contribution >= 4 is 17.5 Å². The van der Waals surface area contributed by atoms with Gasteiger partial charge in [0, 0.05) is 23.4 Å². The first-order valence-electron chi connectivity index (χ1n) is 11.3. The van der Waals surface area contributed by atoms with Crippen LogP contribution < -0.4 is 10.1 Å². The van der Waals surface area contributed by atoms with Crippen LogP contribution in [0.3, 0.4) is 0 Å². The van der Waals surface area contributed by atoms with Crippen molar-refractivity contribution in [3.8, 4) is 5.75 Å². The zero-order valence-electron chi connectivity index (χ0n) is 19.0. The van der Waals surface area contributed by atoms with Crippen molar-refractivity contribution in [3.05, 3.63) is 99.3 Å². The molecule has 1 aliphatic heterocycles. The molecule has 4 atom stereocenters. The van der Waals surface area contributed by atoms with Crippen LogP contribution in [0.4, 0.5) is 4.39 Å². The van der Waals surface area contributed by atoms with Crippen molar-refractivity contribution in [2.45, 2.75) is 49.7 Å². The van der Waals surface area contributed by atoms with E-state index in [4.69, 9.17) is 16.3 Å². The SMILES string of the molecule is CC(=O)N[C@H]1C[C@@H](c2cccc(F)c2)[C@]2(c3ccc(Cl)cc3)Oc3cc(CO)cc(CO)c3[C@]12O. The molecule has 1 aliphatic carbocycles. The van der Waals surface area contributed by atoms with Gasteiger partial charge in [0.1, 0.15) is 11.6 Å². The van der Waals surface area contributed by atoms with Crippen molar-refractivity contribution < 1.29 is 29.2 Å². The Labute approximate surface area is 206 Å². The number of benzene rings is 3. The summed E-state index contributed by atoms with van der Waals surface area (Å²) in [6.07, 6.45) is 0.244. The van der Waals surface area contributed by atoms with Crippen molar-refractivity contribution in [2.24, 2.45) is 0 Å². The van der Waals surface area contributed by atoms with E-state index in [1.165, 1.54) is 19.1 Å². The lowest BCUT2D eigenvalue weighted by atomic mass is 9.70. The molecule has 1 saturated carbocycles. The number of halogens is 2. The molecule has 0 spiro atoms. The van der Waals surface area contributed by atoms with Crippen LogP contribution in [-0.2, 0) is 29.2 Å². The lowest BCUT2D eigenvalue weighted by Crippen LogP contribution is -2.56. The van der Waals surface area contributed by atoms with Gasteiger partial charge in [0.15, 0.2) is 11.2 Å². The van der Waals surface area contributed by atoms with Crippen LogP contribution in [0, 0.1) is 5.82 Å². The van der Waals surface area contributed by atoms with Gasteiger partial charge >= 0.3 is 0 Å². The van der Waals surface area contributed by atoms with Crippen molar-refractivity contribution in [3.63, 3.8) is 0 Å². The molecule has 182 valence electrons. The summed E-state index contributed by atoms with van der Waals surface area (Å²) in [6, 6.07) is 15.3. The maximum Gasteiger partial charge on any atom is 0.217 e. The molecule has 8 heteroatoms. The molecule has 4 N–H and O–H groups in total. The van der Waals surface area contributed by atoms with Crippen LogP contribution in [-0.4, -0.2) is 27.3 Å². The van der Waals surface area contributed by atoms with Crippen LogP contribution in [0.5, 0.6) is 5.75 Å². The van der Waals surface area contributed by atoms with Gasteiger partial charge in [-0.1, -0.05) is 41.9 Å². The second-order valence-corrected chi connectivity index (χ2v) is 9.59. The van der Waals surface area contributed by atoms with Gasteiger partial charge in [0.05, 0.1) is 19.3 Å². The molecule has 0 aromatic heterocycles. The molecule has 3 aromatic rings. The smallest absolute Gasteiger partial charge is 0.217 e. The Kier molecular flexibility index (Phi) is 5.84. The largest absolute Gasteiger partial charge is 0.478 e. The van der Waals surface area contributed by atoms with E-state index in [-0.39, 0.29) is 24.7 Å². The minimum Gasteiger partial charge on any atom is -0.478 e. The molecule has 1 amide bonds. The normalized spacial score (nSPS) is 26.7. The first-order valence-corrected chi connectivity index (χ1v) is 11.7. The van der Waals surface area contributed by atoms with Gasteiger partial charge in [0.25, 0.3) is 0 Å². The maximum absolute atomic E-state index is 14.4. The van der Waals surface area contributed by atoms with E-state index in [0.29, 0.717) is 32.8 Å². The quantitative estimate of drug-likeness (QED) is 0.431. The molecule has 35 heavy (non-hydrogen) atoms. The number of aliphatic hydroxyl groups excluding tert-OH is 2. The molecule has 1 heterocycles. The molecule has 0 unspecified atom stereocenters. The topological polar surface area (TPSA) is 99.0 Å². The standard InChI is InChI=1S/C27H25ClFNO5/c1-15(33)30-24-12-22(17-3-2-4-21(29)11-17)27(19-5-7-20(28)8-6-19)26(24,34)25-18(14-32)9-16(13-31)10-23(25)35-27/h2-11,22,24,31-32,34H,12-14H2,1H3,(H,30,33)/t22-,24-,26+,27-/m0/s1. The van der Waals surface area contributed by atoms with Crippen LogP contribution in [0.2, 0.25) is 5.02 Å². The Hall–Kier alpha value is -2.97. The van der Waals surface area contributed by atoms with Crippen molar-refractivity contribution in [1.29, 1.82) is 0 Å². The average Bonchev–Trinajstić information content (AvgIpc) is 3.24. The van der Waals surface area contributed by atoms with Gasteiger partial charge in [-0.2, -0.15) is 0 Å². The molecule has 2 aliphatic rings. The third-order valence-corrected chi connectivity index (χ3v) is 7.43. The highest BCUT2D eigenvalue weighted by Gasteiger charge is 2.73. The first-order chi connectivity index (χ1) is 16.7. The summed E-state index contributed by atoms with van der Waals surface area (Å²) < 4.78 is 21.0. The highest BCUT2D eigenvalue weighted by atomic mass is 35.5. The highest BCUT2D eigenvalue weighted by molar-refractivity contribution is 6.30. The number of ether oxygens (including phenoxy) is 1. The van der Waals surface area contributed by atoms with Crippen molar-refractivity contribution in [2.75, 3.05) is 0 Å². The predicted octanol–water partition coefficient (Wildman–Crippen LogP) is 3.63. The number of carbonyl (C=O) groups excluding carboxylic acids is 1. The van der Waals surface area contributed by atoms with E-state index in [0.717, 1.165) is 0 Å². The number of rotatable bonds is 5. The van der Waals surface area contributed by atoms with Crippen LogP contribution in [0.25, 0.3) is 0 Å². The number of hydrogen-bond donors (Lipinski definition) is 4. The van der Waals surface area contributed by atoms with Crippen LogP contribution in [0.1, 0.15) is 47.1 Å². The zero-order chi connectivity index (χ0) is 25.0. The summed E-state index contributed by atoms with van der Waals surface area (Å²) in [4.78, 5) is 12.3. The third kappa shape index (κ3) is 3.45. The minimum atomic E-state index is -1.83. The Balaban J connectivity index is 1.85. The number of hydrogen-bond acceptors (Lipinski definition) is 5. The van der Waals surface area contributed by atoms with Gasteiger partial charge in [0.2, 0.25) is 5.91 Å².